The fourth-order valence-corrected chi connectivity index (χ4v) is 3.76. The quantitative estimate of drug-likeness (QED) is 0.603. The molecule has 0 unspecified atom stereocenters. The number of rotatable bonds is 3. The Morgan fingerprint density at radius 2 is 1.71 bits per heavy atom. The van der Waals surface area contributed by atoms with Gasteiger partial charge in [-0.05, 0) is 30.7 Å². The second-order valence-electron chi connectivity index (χ2n) is 6.40. The van der Waals surface area contributed by atoms with Gasteiger partial charge in [-0.3, -0.25) is 4.31 Å². The Morgan fingerprint density at radius 1 is 1.11 bits per heavy atom. The summed E-state index contributed by atoms with van der Waals surface area (Å²) in [5.74, 6) is 1.34. The van der Waals surface area contributed by atoms with Crippen LogP contribution in [-0.2, 0) is 10.0 Å². The fourth-order valence-electron chi connectivity index (χ4n) is 3.00. The number of fused-ring (bicyclic) bond motifs is 2. The van der Waals surface area contributed by atoms with Crippen molar-refractivity contribution in [1.82, 2.24) is 4.98 Å². The average Bonchev–Trinajstić information content (AvgIpc) is 3.09. The normalized spacial score (nSPS) is 12.7. The highest BCUT2D eigenvalue weighted by Gasteiger charge is 2.19. The molecule has 1 aromatic heterocycles. The predicted molar refractivity (Wildman–Crippen MR) is 114 cm³/mol. The number of ether oxygens (including phenoxy) is 2. The minimum Gasteiger partial charge on any atom is -0.454 e. The molecule has 3 aromatic rings. The van der Waals surface area contributed by atoms with Crippen LogP contribution in [0.5, 0.6) is 11.5 Å². The van der Waals surface area contributed by atoms with Crippen molar-refractivity contribution in [3.05, 3.63) is 47.0 Å². The van der Waals surface area contributed by atoms with Crippen LogP contribution < -0.4 is 13.8 Å². The van der Waals surface area contributed by atoms with Crippen molar-refractivity contribution in [3.63, 3.8) is 0 Å². The predicted octanol–water partition coefficient (Wildman–Crippen LogP) is 4.41. The summed E-state index contributed by atoms with van der Waals surface area (Å²) in [5, 5.41) is 1.45. The highest BCUT2D eigenvalue weighted by molar-refractivity contribution is 7.92. The number of hydrogen-bond donors (Lipinski definition) is 0. The number of halogens is 2. The van der Waals surface area contributed by atoms with Crippen LogP contribution in [-0.4, -0.2) is 33.5 Å². The summed E-state index contributed by atoms with van der Waals surface area (Å²) in [6.07, 6.45) is 1.16. The van der Waals surface area contributed by atoms with E-state index in [1.165, 1.54) is 11.4 Å². The zero-order chi connectivity index (χ0) is 19.3. The summed E-state index contributed by atoms with van der Waals surface area (Å²) in [7, 11) is -1.80. The van der Waals surface area contributed by atoms with Crippen LogP contribution in [0.4, 0.5) is 5.69 Å². The van der Waals surface area contributed by atoms with Gasteiger partial charge in [-0.15, -0.1) is 12.4 Å². The van der Waals surface area contributed by atoms with E-state index in [4.69, 9.17) is 26.1 Å². The maximum Gasteiger partial charge on any atom is 0.231 e. The standard InChI is InChI=1S/C19H17ClN2O4S.ClH/c1-11-14-8-16-17(26-10-25-16)9-15(14)21-19(18(11)20)12-4-6-13(7-5-12)22(2)27(3,23)24;/h4-9H,10H2,1-3H3;1H. The molecule has 0 saturated heterocycles. The second-order valence-corrected chi connectivity index (χ2v) is 8.79. The topological polar surface area (TPSA) is 68.7 Å². The average molecular weight is 441 g/mol. The smallest absolute Gasteiger partial charge is 0.231 e. The monoisotopic (exact) mass is 440 g/mol. The first-order valence-corrected chi connectivity index (χ1v) is 10.4. The minimum atomic E-state index is -3.32. The first-order valence-electron chi connectivity index (χ1n) is 8.19. The van der Waals surface area contributed by atoms with E-state index in [2.05, 4.69) is 0 Å². The van der Waals surface area contributed by atoms with E-state index in [1.807, 2.05) is 31.2 Å². The van der Waals surface area contributed by atoms with Gasteiger partial charge >= 0.3 is 0 Å². The van der Waals surface area contributed by atoms with Crippen LogP contribution in [0.1, 0.15) is 5.56 Å². The van der Waals surface area contributed by atoms with Crippen molar-refractivity contribution in [2.24, 2.45) is 0 Å². The molecule has 0 spiro atoms. The molecule has 2 aromatic carbocycles. The molecular weight excluding hydrogens is 423 g/mol. The third-order valence-corrected chi connectivity index (χ3v) is 6.33. The molecule has 1 aliphatic rings. The van der Waals surface area contributed by atoms with E-state index < -0.39 is 10.0 Å². The summed E-state index contributed by atoms with van der Waals surface area (Å²) in [5.41, 5.74) is 3.65. The van der Waals surface area contributed by atoms with Crippen molar-refractivity contribution >= 4 is 50.6 Å². The van der Waals surface area contributed by atoms with Gasteiger partial charge in [-0.1, -0.05) is 23.7 Å². The van der Waals surface area contributed by atoms with E-state index in [1.54, 1.807) is 12.1 Å². The molecule has 0 radical (unpaired) electrons. The molecule has 4 rings (SSSR count). The van der Waals surface area contributed by atoms with E-state index >= 15 is 0 Å². The molecule has 28 heavy (non-hydrogen) atoms. The van der Waals surface area contributed by atoms with Gasteiger partial charge in [0.1, 0.15) is 0 Å². The van der Waals surface area contributed by atoms with Crippen molar-refractivity contribution in [3.8, 4) is 22.8 Å². The molecule has 6 nitrogen and oxygen atoms in total. The first-order chi connectivity index (χ1) is 12.8. The molecule has 9 heteroatoms. The third kappa shape index (κ3) is 3.45. The van der Waals surface area contributed by atoms with E-state index in [0.29, 0.717) is 27.9 Å². The summed E-state index contributed by atoms with van der Waals surface area (Å²) in [4.78, 5) is 4.71. The molecule has 0 amide bonds. The van der Waals surface area contributed by atoms with Crippen molar-refractivity contribution in [2.75, 3.05) is 24.4 Å². The van der Waals surface area contributed by atoms with Gasteiger partial charge in [0.05, 0.1) is 28.2 Å². The molecular formula is C19H18Cl2N2O4S. The molecule has 148 valence electrons. The van der Waals surface area contributed by atoms with Crippen molar-refractivity contribution in [2.45, 2.75) is 6.92 Å². The van der Waals surface area contributed by atoms with Crippen LogP contribution in [0.15, 0.2) is 36.4 Å². The lowest BCUT2D eigenvalue weighted by Crippen LogP contribution is -2.24. The Balaban J connectivity index is 0.00000225. The Labute approximate surface area is 174 Å². The van der Waals surface area contributed by atoms with Gasteiger partial charge in [-0.25, -0.2) is 13.4 Å². The summed E-state index contributed by atoms with van der Waals surface area (Å²) < 4.78 is 35.5. The zero-order valence-electron chi connectivity index (χ0n) is 15.4. The first kappa shape index (κ1) is 20.5. The Bertz CT molecular complexity index is 1170. The van der Waals surface area contributed by atoms with Gasteiger partial charge in [0.25, 0.3) is 0 Å². The lowest BCUT2D eigenvalue weighted by Gasteiger charge is -2.17. The largest absolute Gasteiger partial charge is 0.454 e. The van der Waals surface area contributed by atoms with Crippen molar-refractivity contribution < 1.29 is 17.9 Å². The number of sulfonamides is 1. The van der Waals surface area contributed by atoms with Gasteiger partial charge < -0.3 is 9.47 Å². The summed E-state index contributed by atoms with van der Waals surface area (Å²) >= 11 is 6.59. The molecule has 0 aliphatic carbocycles. The molecule has 0 N–H and O–H groups in total. The van der Waals surface area contributed by atoms with Gasteiger partial charge in [0, 0.05) is 24.1 Å². The highest BCUT2D eigenvalue weighted by atomic mass is 35.5. The number of anilines is 1. The molecule has 0 atom stereocenters. The Hall–Kier alpha value is -2.22. The number of benzene rings is 2. The summed E-state index contributed by atoms with van der Waals surface area (Å²) in [6.45, 7) is 2.13. The van der Waals surface area contributed by atoms with E-state index in [0.717, 1.165) is 28.3 Å². The van der Waals surface area contributed by atoms with Gasteiger partial charge in [0.15, 0.2) is 11.5 Å². The number of nitrogens with zero attached hydrogens (tertiary/aromatic N) is 2. The fraction of sp³-hybridized carbons (Fsp3) is 0.211. The third-order valence-electron chi connectivity index (χ3n) is 4.67. The van der Waals surface area contributed by atoms with Crippen LogP contribution in [0, 0.1) is 6.92 Å². The maximum atomic E-state index is 11.7. The molecule has 0 fully saturated rings. The summed E-state index contributed by atoms with van der Waals surface area (Å²) in [6, 6.07) is 10.8. The number of aromatic nitrogens is 1. The highest BCUT2D eigenvalue weighted by Crippen LogP contribution is 2.40. The molecule has 0 bridgehead atoms. The van der Waals surface area contributed by atoms with Crippen molar-refractivity contribution in [1.29, 1.82) is 0 Å². The zero-order valence-corrected chi connectivity index (χ0v) is 17.8. The lowest BCUT2D eigenvalue weighted by atomic mass is 10.0. The minimum absolute atomic E-state index is 0. The Morgan fingerprint density at radius 3 is 2.32 bits per heavy atom. The van der Waals surface area contributed by atoms with Crippen LogP contribution >= 0.6 is 24.0 Å². The van der Waals surface area contributed by atoms with Gasteiger partial charge in [0.2, 0.25) is 16.8 Å². The lowest BCUT2D eigenvalue weighted by molar-refractivity contribution is 0.174. The Kier molecular flexibility index (Phi) is 5.36. The SMILES string of the molecule is Cc1c(Cl)c(-c2ccc(N(C)S(C)(=O)=O)cc2)nc2cc3c(cc12)OCO3.Cl. The number of aryl methyl sites for hydroxylation is 1. The maximum absolute atomic E-state index is 11.7. The van der Waals surface area contributed by atoms with Gasteiger partial charge in [-0.2, -0.15) is 0 Å². The molecule has 1 aliphatic heterocycles. The second kappa shape index (κ2) is 7.31. The van der Waals surface area contributed by atoms with Crippen LogP contribution in [0.3, 0.4) is 0 Å². The number of hydrogen-bond acceptors (Lipinski definition) is 5. The van der Waals surface area contributed by atoms with Crippen LogP contribution in [0.25, 0.3) is 22.2 Å². The molecule has 0 saturated carbocycles. The number of pyridine rings is 1. The van der Waals surface area contributed by atoms with E-state index in [-0.39, 0.29) is 19.2 Å². The van der Waals surface area contributed by atoms with E-state index in [9.17, 15) is 8.42 Å². The van der Waals surface area contributed by atoms with Crippen LogP contribution in [0.2, 0.25) is 5.02 Å². The molecule has 2 heterocycles.